The number of rotatable bonds is 9. The molecule has 0 aliphatic rings. The number of aromatic nitrogens is 4. The van der Waals surface area contributed by atoms with E-state index < -0.39 is 0 Å². The summed E-state index contributed by atoms with van der Waals surface area (Å²) in [6, 6.07) is 10.7. The molecule has 3 aromatic rings. The molecule has 0 aliphatic heterocycles. The summed E-state index contributed by atoms with van der Waals surface area (Å²) in [4.78, 5) is 16.1. The Morgan fingerprint density at radius 2 is 1.97 bits per heavy atom. The highest BCUT2D eigenvalue weighted by Crippen LogP contribution is 2.22. The molecule has 0 saturated carbocycles. The molecule has 8 nitrogen and oxygen atoms in total. The maximum absolute atomic E-state index is 12.2. The van der Waals surface area contributed by atoms with Gasteiger partial charge in [0.05, 0.1) is 18.6 Å². The van der Waals surface area contributed by atoms with E-state index in [1.807, 2.05) is 35.8 Å². The number of nitrogens with zero attached hydrogens (tertiary/aromatic N) is 4. The SMILES string of the molecule is CCn1c(COc2ccc(OC)cc2)nnc1SCC(=O)Nc1cccnc1Cl. The molecule has 0 saturated heterocycles. The highest BCUT2D eigenvalue weighted by atomic mass is 35.5. The van der Waals surface area contributed by atoms with E-state index in [1.54, 1.807) is 25.4 Å². The van der Waals surface area contributed by atoms with Gasteiger partial charge in [-0.1, -0.05) is 23.4 Å². The molecule has 0 radical (unpaired) electrons. The number of hydrogen-bond donors (Lipinski definition) is 1. The van der Waals surface area contributed by atoms with Crippen molar-refractivity contribution in [2.75, 3.05) is 18.2 Å². The maximum atomic E-state index is 12.2. The monoisotopic (exact) mass is 433 g/mol. The Morgan fingerprint density at radius 1 is 1.21 bits per heavy atom. The first kappa shape index (κ1) is 20.9. The first-order valence-corrected chi connectivity index (χ1v) is 10.2. The molecule has 0 bridgehead atoms. The fraction of sp³-hybridized carbons (Fsp3) is 0.263. The Kier molecular flexibility index (Phi) is 7.31. The number of amides is 1. The number of anilines is 1. The van der Waals surface area contributed by atoms with E-state index in [9.17, 15) is 4.79 Å². The topological polar surface area (TPSA) is 91.2 Å². The van der Waals surface area contributed by atoms with Crippen molar-refractivity contribution in [1.29, 1.82) is 0 Å². The maximum Gasteiger partial charge on any atom is 0.234 e. The largest absolute Gasteiger partial charge is 0.497 e. The summed E-state index contributed by atoms with van der Waals surface area (Å²) >= 11 is 7.25. The van der Waals surface area contributed by atoms with Gasteiger partial charge in [-0.2, -0.15) is 0 Å². The van der Waals surface area contributed by atoms with Crippen molar-refractivity contribution in [3.8, 4) is 11.5 Å². The molecule has 0 aliphatic carbocycles. The summed E-state index contributed by atoms with van der Waals surface area (Å²) < 4.78 is 12.8. The minimum Gasteiger partial charge on any atom is -0.497 e. The second-order valence-electron chi connectivity index (χ2n) is 5.79. The van der Waals surface area contributed by atoms with Crippen LogP contribution in [0.4, 0.5) is 5.69 Å². The minimum absolute atomic E-state index is 0.169. The Hall–Kier alpha value is -2.78. The third kappa shape index (κ3) is 5.61. The quantitative estimate of drug-likeness (QED) is 0.406. The normalized spacial score (nSPS) is 10.6. The average Bonchev–Trinajstić information content (AvgIpc) is 3.14. The number of carbonyl (C=O) groups is 1. The summed E-state index contributed by atoms with van der Waals surface area (Å²) in [6.45, 7) is 2.91. The Bertz CT molecular complexity index is 965. The zero-order chi connectivity index (χ0) is 20.6. The lowest BCUT2D eigenvalue weighted by Crippen LogP contribution is -2.15. The summed E-state index contributed by atoms with van der Waals surface area (Å²) in [7, 11) is 1.62. The molecule has 3 rings (SSSR count). The Morgan fingerprint density at radius 3 is 2.66 bits per heavy atom. The standard InChI is InChI=1S/C19H20ClN5O3S/c1-3-25-16(11-28-14-8-6-13(27-2)7-9-14)23-24-19(25)29-12-17(26)22-15-5-4-10-21-18(15)20/h4-10H,3,11-12H2,1-2H3,(H,22,26). The highest BCUT2D eigenvalue weighted by Gasteiger charge is 2.14. The van der Waals surface area contributed by atoms with E-state index in [1.165, 1.54) is 11.8 Å². The number of pyridine rings is 1. The van der Waals surface area contributed by atoms with E-state index in [2.05, 4.69) is 20.5 Å². The summed E-state index contributed by atoms with van der Waals surface area (Å²) in [5.74, 6) is 2.12. The van der Waals surface area contributed by atoms with Crippen LogP contribution in [0.15, 0.2) is 47.8 Å². The lowest BCUT2D eigenvalue weighted by Gasteiger charge is -2.09. The molecule has 1 aromatic carbocycles. The molecular formula is C19H20ClN5O3S. The third-order valence-electron chi connectivity index (χ3n) is 3.90. The van der Waals surface area contributed by atoms with Gasteiger partial charge in [-0.05, 0) is 43.3 Å². The zero-order valence-electron chi connectivity index (χ0n) is 16.0. The summed E-state index contributed by atoms with van der Waals surface area (Å²) in [5.41, 5.74) is 0.477. The number of nitrogens with one attached hydrogen (secondary N) is 1. The predicted molar refractivity (Wildman–Crippen MR) is 112 cm³/mol. The molecule has 0 fully saturated rings. The molecule has 29 heavy (non-hydrogen) atoms. The second kappa shape index (κ2) is 10.1. The van der Waals surface area contributed by atoms with Crippen LogP contribution in [-0.4, -0.2) is 38.5 Å². The van der Waals surface area contributed by atoms with Crippen LogP contribution in [0.2, 0.25) is 5.15 Å². The van der Waals surface area contributed by atoms with Crippen LogP contribution >= 0.6 is 23.4 Å². The van der Waals surface area contributed by atoms with Crippen molar-refractivity contribution in [1.82, 2.24) is 19.7 Å². The molecule has 1 amide bonds. The van der Waals surface area contributed by atoms with Crippen molar-refractivity contribution in [2.24, 2.45) is 0 Å². The lowest BCUT2D eigenvalue weighted by molar-refractivity contribution is -0.113. The van der Waals surface area contributed by atoms with Crippen molar-refractivity contribution >= 4 is 35.0 Å². The van der Waals surface area contributed by atoms with Gasteiger partial charge in [-0.3, -0.25) is 4.79 Å². The van der Waals surface area contributed by atoms with E-state index >= 15 is 0 Å². The predicted octanol–water partition coefficient (Wildman–Crippen LogP) is 3.66. The zero-order valence-corrected chi connectivity index (χ0v) is 17.5. The smallest absolute Gasteiger partial charge is 0.234 e. The number of carbonyl (C=O) groups excluding carboxylic acids is 1. The molecule has 0 unspecified atom stereocenters. The number of ether oxygens (including phenoxy) is 2. The van der Waals surface area contributed by atoms with Gasteiger partial charge in [-0.25, -0.2) is 4.98 Å². The molecule has 2 aromatic heterocycles. The number of benzene rings is 1. The van der Waals surface area contributed by atoms with Gasteiger partial charge in [0.25, 0.3) is 0 Å². The molecular weight excluding hydrogens is 414 g/mol. The van der Waals surface area contributed by atoms with Crippen molar-refractivity contribution in [2.45, 2.75) is 25.2 Å². The van der Waals surface area contributed by atoms with Gasteiger partial charge in [0.2, 0.25) is 5.91 Å². The second-order valence-corrected chi connectivity index (χ2v) is 7.09. The van der Waals surface area contributed by atoms with Crippen molar-refractivity contribution in [3.63, 3.8) is 0 Å². The van der Waals surface area contributed by atoms with Crippen LogP contribution in [0.3, 0.4) is 0 Å². The minimum atomic E-state index is -0.202. The molecule has 0 spiro atoms. The lowest BCUT2D eigenvalue weighted by atomic mass is 10.3. The van der Waals surface area contributed by atoms with Gasteiger partial charge in [0.1, 0.15) is 18.1 Å². The first-order valence-electron chi connectivity index (χ1n) is 8.82. The van der Waals surface area contributed by atoms with Gasteiger partial charge in [-0.15, -0.1) is 10.2 Å². The van der Waals surface area contributed by atoms with Crippen LogP contribution in [0, 0.1) is 0 Å². The Labute approximate surface area is 177 Å². The first-order chi connectivity index (χ1) is 14.1. The van der Waals surface area contributed by atoms with Crippen LogP contribution in [0.25, 0.3) is 0 Å². The number of thioether (sulfide) groups is 1. The van der Waals surface area contributed by atoms with E-state index in [-0.39, 0.29) is 23.4 Å². The van der Waals surface area contributed by atoms with Crippen molar-refractivity contribution < 1.29 is 14.3 Å². The van der Waals surface area contributed by atoms with E-state index in [0.29, 0.717) is 29.0 Å². The molecule has 0 atom stereocenters. The van der Waals surface area contributed by atoms with Crippen LogP contribution in [0.5, 0.6) is 11.5 Å². The average molecular weight is 434 g/mol. The molecule has 2 heterocycles. The number of halogens is 1. The Balaban J connectivity index is 1.57. The summed E-state index contributed by atoms with van der Waals surface area (Å²) in [5, 5.41) is 12.0. The molecule has 152 valence electrons. The van der Waals surface area contributed by atoms with Crippen LogP contribution in [-0.2, 0) is 17.9 Å². The molecule has 1 N–H and O–H groups in total. The molecule has 10 heteroatoms. The van der Waals surface area contributed by atoms with Crippen molar-refractivity contribution in [3.05, 3.63) is 53.6 Å². The van der Waals surface area contributed by atoms with E-state index in [0.717, 1.165) is 5.75 Å². The van der Waals surface area contributed by atoms with Gasteiger partial charge < -0.3 is 19.4 Å². The highest BCUT2D eigenvalue weighted by molar-refractivity contribution is 7.99. The third-order valence-corrected chi connectivity index (χ3v) is 5.17. The van der Waals surface area contributed by atoms with Gasteiger partial charge >= 0.3 is 0 Å². The number of hydrogen-bond acceptors (Lipinski definition) is 7. The van der Waals surface area contributed by atoms with Crippen LogP contribution in [0.1, 0.15) is 12.7 Å². The van der Waals surface area contributed by atoms with Crippen LogP contribution < -0.4 is 14.8 Å². The fourth-order valence-electron chi connectivity index (χ4n) is 2.47. The summed E-state index contributed by atoms with van der Waals surface area (Å²) in [6.07, 6.45) is 1.56. The fourth-order valence-corrected chi connectivity index (χ4v) is 3.45. The van der Waals surface area contributed by atoms with E-state index in [4.69, 9.17) is 21.1 Å². The number of methoxy groups -OCH3 is 1. The van der Waals surface area contributed by atoms with Gasteiger partial charge in [0.15, 0.2) is 16.1 Å². The van der Waals surface area contributed by atoms with Gasteiger partial charge in [0, 0.05) is 12.7 Å².